The molecule has 12 heavy (non-hydrogen) atoms. The Morgan fingerprint density at radius 3 is 2.67 bits per heavy atom. The van der Waals surface area contributed by atoms with E-state index < -0.39 is 0 Å². The molecule has 0 aliphatic rings. The summed E-state index contributed by atoms with van der Waals surface area (Å²) in [7, 11) is 0. The molecule has 0 fully saturated rings. The van der Waals surface area contributed by atoms with Crippen molar-refractivity contribution < 1.29 is 0 Å². The van der Waals surface area contributed by atoms with Crippen molar-refractivity contribution in [3.8, 4) is 0 Å². The van der Waals surface area contributed by atoms with Crippen LogP contribution in [-0.2, 0) is 0 Å². The van der Waals surface area contributed by atoms with Gasteiger partial charge in [0.25, 0.3) is 0 Å². The lowest BCUT2D eigenvalue weighted by atomic mass is 9.98. The molecule has 68 valence electrons. The van der Waals surface area contributed by atoms with Crippen molar-refractivity contribution >= 4 is 17.0 Å². The van der Waals surface area contributed by atoms with Gasteiger partial charge in [-0.05, 0) is 23.3 Å². The van der Waals surface area contributed by atoms with Gasteiger partial charge in [-0.3, -0.25) is 0 Å². The number of nitrogens with one attached hydrogen (secondary N) is 1. The standard InChI is InChI=1S/C10H17NS/c1-8(2)9(3)6-11-10-4-5-12-7-10/h4-5,7-9,11H,6H2,1-3H3. The molecule has 1 N–H and O–H groups in total. The summed E-state index contributed by atoms with van der Waals surface area (Å²) in [6, 6.07) is 2.12. The van der Waals surface area contributed by atoms with Crippen molar-refractivity contribution in [1.29, 1.82) is 0 Å². The molecule has 0 bridgehead atoms. The molecular weight excluding hydrogens is 166 g/mol. The molecule has 1 aromatic heterocycles. The van der Waals surface area contributed by atoms with E-state index in [0.717, 1.165) is 18.4 Å². The van der Waals surface area contributed by atoms with E-state index in [1.807, 2.05) is 0 Å². The molecule has 1 unspecified atom stereocenters. The van der Waals surface area contributed by atoms with Crippen molar-refractivity contribution in [2.75, 3.05) is 11.9 Å². The van der Waals surface area contributed by atoms with Crippen LogP contribution in [-0.4, -0.2) is 6.54 Å². The zero-order valence-electron chi connectivity index (χ0n) is 8.00. The quantitative estimate of drug-likeness (QED) is 0.754. The fourth-order valence-corrected chi connectivity index (χ4v) is 1.49. The van der Waals surface area contributed by atoms with E-state index in [4.69, 9.17) is 0 Å². The number of thiophene rings is 1. The molecule has 0 saturated carbocycles. The Morgan fingerprint density at radius 1 is 1.42 bits per heavy atom. The normalized spacial score (nSPS) is 13.3. The van der Waals surface area contributed by atoms with Gasteiger partial charge in [0, 0.05) is 17.6 Å². The average molecular weight is 183 g/mol. The van der Waals surface area contributed by atoms with Gasteiger partial charge in [0.15, 0.2) is 0 Å². The first-order chi connectivity index (χ1) is 5.70. The topological polar surface area (TPSA) is 12.0 Å². The predicted octanol–water partition coefficient (Wildman–Crippen LogP) is 3.45. The maximum absolute atomic E-state index is 3.42. The van der Waals surface area contributed by atoms with Crippen molar-refractivity contribution in [1.82, 2.24) is 0 Å². The Labute approximate surface area is 78.8 Å². The minimum absolute atomic E-state index is 0.741. The van der Waals surface area contributed by atoms with Gasteiger partial charge in [-0.2, -0.15) is 11.3 Å². The van der Waals surface area contributed by atoms with E-state index in [2.05, 4.69) is 42.9 Å². The van der Waals surface area contributed by atoms with Gasteiger partial charge in [-0.15, -0.1) is 0 Å². The predicted molar refractivity (Wildman–Crippen MR) is 56.8 cm³/mol. The molecule has 1 aromatic rings. The second kappa shape index (κ2) is 4.51. The molecule has 1 atom stereocenters. The third kappa shape index (κ3) is 2.86. The van der Waals surface area contributed by atoms with Crippen molar-refractivity contribution in [2.24, 2.45) is 11.8 Å². The first kappa shape index (κ1) is 9.59. The Kier molecular flexibility index (Phi) is 3.60. The summed E-state index contributed by atoms with van der Waals surface area (Å²) >= 11 is 1.74. The van der Waals surface area contributed by atoms with Gasteiger partial charge in [0.05, 0.1) is 0 Å². The molecule has 0 amide bonds. The van der Waals surface area contributed by atoms with E-state index in [0.29, 0.717) is 0 Å². The lowest BCUT2D eigenvalue weighted by Gasteiger charge is -2.15. The zero-order valence-corrected chi connectivity index (χ0v) is 8.82. The second-order valence-corrected chi connectivity index (χ2v) is 4.39. The van der Waals surface area contributed by atoms with Crippen molar-refractivity contribution in [3.05, 3.63) is 16.8 Å². The first-order valence-electron chi connectivity index (χ1n) is 4.46. The van der Waals surface area contributed by atoms with Crippen LogP contribution in [0.15, 0.2) is 16.8 Å². The lowest BCUT2D eigenvalue weighted by molar-refractivity contribution is 0.440. The summed E-state index contributed by atoms with van der Waals surface area (Å²) in [4.78, 5) is 0. The maximum Gasteiger partial charge on any atom is 0.0448 e. The summed E-state index contributed by atoms with van der Waals surface area (Å²) in [6.45, 7) is 7.89. The SMILES string of the molecule is CC(C)C(C)CNc1ccsc1. The van der Waals surface area contributed by atoms with E-state index in [-0.39, 0.29) is 0 Å². The van der Waals surface area contributed by atoms with Gasteiger partial charge in [0.1, 0.15) is 0 Å². The third-order valence-electron chi connectivity index (χ3n) is 2.29. The van der Waals surface area contributed by atoms with Crippen LogP contribution in [0.25, 0.3) is 0 Å². The molecule has 1 nitrogen and oxygen atoms in total. The fraction of sp³-hybridized carbons (Fsp3) is 0.600. The molecule has 0 aliphatic heterocycles. The maximum atomic E-state index is 3.42. The summed E-state index contributed by atoms with van der Waals surface area (Å²) < 4.78 is 0. The van der Waals surface area contributed by atoms with Gasteiger partial charge >= 0.3 is 0 Å². The smallest absolute Gasteiger partial charge is 0.0448 e. The van der Waals surface area contributed by atoms with Gasteiger partial charge in [0.2, 0.25) is 0 Å². The van der Waals surface area contributed by atoms with Crippen LogP contribution in [0.2, 0.25) is 0 Å². The Balaban J connectivity index is 2.27. The highest BCUT2D eigenvalue weighted by Gasteiger charge is 2.05. The fourth-order valence-electron chi connectivity index (χ4n) is 0.880. The highest BCUT2D eigenvalue weighted by Crippen LogP contribution is 2.14. The summed E-state index contributed by atoms with van der Waals surface area (Å²) in [5.41, 5.74) is 1.26. The van der Waals surface area contributed by atoms with Crippen molar-refractivity contribution in [2.45, 2.75) is 20.8 Å². The molecule has 0 aliphatic carbocycles. The lowest BCUT2D eigenvalue weighted by Crippen LogP contribution is -2.15. The second-order valence-electron chi connectivity index (χ2n) is 3.61. The van der Waals surface area contributed by atoms with Crippen LogP contribution in [0.1, 0.15) is 20.8 Å². The minimum atomic E-state index is 0.741. The largest absolute Gasteiger partial charge is 0.384 e. The van der Waals surface area contributed by atoms with Gasteiger partial charge < -0.3 is 5.32 Å². The van der Waals surface area contributed by atoms with Crippen LogP contribution >= 0.6 is 11.3 Å². The molecule has 2 heteroatoms. The highest BCUT2D eigenvalue weighted by atomic mass is 32.1. The number of hydrogen-bond donors (Lipinski definition) is 1. The molecule has 0 saturated heterocycles. The molecule has 1 rings (SSSR count). The first-order valence-corrected chi connectivity index (χ1v) is 5.40. The number of rotatable bonds is 4. The van der Waals surface area contributed by atoms with Crippen LogP contribution in [0, 0.1) is 11.8 Å². The van der Waals surface area contributed by atoms with Crippen LogP contribution in [0.3, 0.4) is 0 Å². The van der Waals surface area contributed by atoms with E-state index >= 15 is 0 Å². The van der Waals surface area contributed by atoms with Gasteiger partial charge in [-0.1, -0.05) is 20.8 Å². The molecule has 0 spiro atoms. The summed E-state index contributed by atoms with van der Waals surface area (Å²) in [6.07, 6.45) is 0. The minimum Gasteiger partial charge on any atom is -0.384 e. The van der Waals surface area contributed by atoms with E-state index in [9.17, 15) is 0 Å². The molecular formula is C10H17NS. The van der Waals surface area contributed by atoms with Crippen molar-refractivity contribution in [3.63, 3.8) is 0 Å². The average Bonchev–Trinajstić information content (AvgIpc) is 2.51. The van der Waals surface area contributed by atoms with Crippen LogP contribution in [0.5, 0.6) is 0 Å². The number of anilines is 1. The summed E-state index contributed by atoms with van der Waals surface area (Å²) in [5, 5.41) is 7.66. The van der Waals surface area contributed by atoms with Crippen LogP contribution < -0.4 is 5.32 Å². The third-order valence-corrected chi connectivity index (χ3v) is 2.97. The Bertz CT molecular complexity index is 204. The number of hydrogen-bond acceptors (Lipinski definition) is 2. The highest BCUT2D eigenvalue weighted by molar-refractivity contribution is 7.08. The molecule has 0 radical (unpaired) electrons. The Hall–Kier alpha value is -0.500. The monoisotopic (exact) mass is 183 g/mol. The van der Waals surface area contributed by atoms with E-state index in [1.54, 1.807) is 11.3 Å². The summed E-state index contributed by atoms with van der Waals surface area (Å²) in [5.74, 6) is 1.50. The van der Waals surface area contributed by atoms with Crippen LogP contribution in [0.4, 0.5) is 5.69 Å². The Morgan fingerprint density at radius 2 is 2.17 bits per heavy atom. The molecule has 0 aromatic carbocycles. The molecule has 1 heterocycles. The zero-order chi connectivity index (χ0) is 8.97. The van der Waals surface area contributed by atoms with E-state index in [1.165, 1.54) is 5.69 Å². The van der Waals surface area contributed by atoms with Gasteiger partial charge in [-0.25, -0.2) is 0 Å².